The number of hydrogen-bond donors (Lipinski definition) is 2. The first-order valence-corrected chi connectivity index (χ1v) is 8.15. The second-order valence-electron chi connectivity index (χ2n) is 5.73. The Labute approximate surface area is 143 Å². The average molecular weight is 383 g/mol. The summed E-state index contributed by atoms with van der Waals surface area (Å²) in [7, 11) is 1.70. The minimum Gasteiger partial charge on any atom is -0.480 e. The Balaban J connectivity index is 1.78. The van der Waals surface area contributed by atoms with Gasteiger partial charge >= 0.3 is 5.97 Å². The smallest absolute Gasteiger partial charge is 0.319 e. The van der Waals surface area contributed by atoms with E-state index in [1.807, 2.05) is 24.3 Å². The highest BCUT2D eigenvalue weighted by atomic mass is 79.9. The lowest BCUT2D eigenvalue weighted by atomic mass is 10.1. The number of halogens is 1. The van der Waals surface area contributed by atoms with Crippen LogP contribution >= 0.6 is 15.9 Å². The van der Waals surface area contributed by atoms with E-state index in [0.717, 1.165) is 10.0 Å². The lowest BCUT2D eigenvalue weighted by Crippen LogP contribution is -2.39. The predicted octanol–water partition coefficient (Wildman–Crippen LogP) is 1.78. The summed E-state index contributed by atoms with van der Waals surface area (Å²) < 4.78 is 0.935. The monoisotopic (exact) mass is 382 g/mol. The molecule has 0 aromatic heterocycles. The predicted molar refractivity (Wildman–Crippen MR) is 87.5 cm³/mol. The van der Waals surface area contributed by atoms with Gasteiger partial charge in [-0.1, -0.05) is 34.1 Å². The van der Waals surface area contributed by atoms with Gasteiger partial charge in [-0.2, -0.15) is 0 Å². The molecule has 1 fully saturated rings. The Kier molecular flexibility index (Phi) is 5.41. The van der Waals surface area contributed by atoms with E-state index in [0.29, 0.717) is 19.4 Å². The summed E-state index contributed by atoms with van der Waals surface area (Å²) in [6.07, 6.45) is 0.872. The number of aliphatic carboxylic acids is 1. The van der Waals surface area contributed by atoms with Crippen LogP contribution < -0.4 is 5.32 Å². The summed E-state index contributed by atoms with van der Waals surface area (Å²) in [5.74, 6) is -1.69. The Morgan fingerprint density at radius 3 is 2.52 bits per heavy atom. The van der Waals surface area contributed by atoms with Crippen molar-refractivity contribution in [1.82, 2.24) is 10.2 Å². The van der Waals surface area contributed by atoms with Crippen molar-refractivity contribution < 1.29 is 19.5 Å². The Morgan fingerprint density at radius 2 is 1.96 bits per heavy atom. The molecule has 6 nitrogen and oxygen atoms in total. The third kappa shape index (κ3) is 4.10. The fraction of sp³-hybridized carbons (Fsp3) is 0.438. The molecule has 1 aliphatic rings. The van der Waals surface area contributed by atoms with Crippen LogP contribution in [-0.4, -0.2) is 41.4 Å². The van der Waals surface area contributed by atoms with Crippen LogP contribution in [0, 0.1) is 5.41 Å². The minimum atomic E-state index is -1.26. The molecule has 7 heteroatoms. The molecule has 0 heterocycles. The molecule has 0 unspecified atom stereocenters. The number of carboxylic acid groups (broad SMARTS) is 1. The van der Waals surface area contributed by atoms with Gasteiger partial charge < -0.3 is 15.3 Å². The Bertz CT molecular complexity index is 628. The van der Waals surface area contributed by atoms with Crippen LogP contribution in [0.4, 0.5) is 0 Å². The number of benzene rings is 1. The largest absolute Gasteiger partial charge is 0.480 e. The van der Waals surface area contributed by atoms with E-state index in [1.54, 1.807) is 11.9 Å². The number of carbonyl (C=O) groups excluding carboxylic acids is 2. The summed E-state index contributed by atoms with van der Waals surface area (Å²) in [6.45, 7) is 0.611. The summed E-state index contributed by atoms with van der Waals surface area (Å²) in [5.41, 5.74) is -0.265. The topological polar surface area (TPSA) is 86.7 Å². The van der Waals surface area contributed by atoms with Crippen molar-refractivity contribution in [3.05, 3.63) is 34.3 Å². The first kappa shape index (κ1) is 17.5. The van der Waals surface area contributed by atoms with Gasteiger partial charge in [0, 0.05) is 31.0 Å². The van der Waals surface area contributed by atoms with Gasteiger partial charge in [0.2, 0.25) is 11.8 Å². The summed E-state index contributed by atoms with van der Waals surface area (Å²) >= 11 is 3.44. The van der Waals surface area contributed by atoms with Crippen LogP contribution in [0.2, 0.25) is 0 Å². The molecule has 0 bridgehead atoms. The van der Waals surface area contributed by atoms with Gasteiger partial charge in [0.25, 0.3) is 0 Å². The lowest BCUT2D eigenvalue weighted by molar-refractivity contribution is -0.149. The summed E-state index contributed by atoms with van der Waals surface area (Å²) in [4.78, 5) is 36.5. The zero-order chi connectivity index (χ0) is 17.0. The molecule has 1 aliphatic carbocycles. The molecule has 0 aliphatic heterocycles. The van der Waals surface area contributed by atoms with Crippen LogP contribution in [0.3, 0.4) is 0 Å². The van der Waals surface area contributed by atoms with Crippen molar-refractivity contribution in [3.63, 3.8) is 0 Å². The Morgan fingerprint density at radius 1 is 1.30 bits per heavy atom. The zero-order valence-corrected chi connectivity index (χ0v) is 14.4. The number of amides is 2. The molecule has 2 N–H and O–H groups in total. The maximum atomic E-state index is 12.1. The van der Waals surface area contributed by atoms with Crippen molar-refractivity contribution in [2.45, 2.75) is 25.8 Å². The molecular weight excluding hydrogens is 364 g/mol. The van der Waals surface area contributed by atoms with Crippen LogP contribution in [0.25, 0.3) is 0 Å². The van der Waals surface area contributed by atoms with Gasteiger partial charge in [-0.15, -0.1) is 0 Å². The molecule has 23 heavy (non-hydrogen) atoms. The van der Waals surface area contributed by atoms with Crippen molar-refractivity contribution in [3.8, 4) is 0 Å². The van der Waals surface area contributed by atoms with Gasteiger partial charge in [0.15, 0.2) is 0 Å². The summed E-state index contributed by atoms with van der Waals surface area (Å²) in [5, 5.41) is 11.6. The molecule has 0 radical (unpaired) electrons. The van der Waals surface area contributed by atoms with Crippen molar-refractivity contribution in [1.29, 1.82) is 0 Å². The van der Waals surface area contributed by atoms with Crippen molar-refractivity contribution >= 4 is 33.7 Å². The van der Waals surface area contributed by atoms with E-state index in [9.17, 15) is 14.4 Å². The van der Waals surface area contributed by atoms with E-state index in [-0.39, 0.29) is 18.9 Å². The van der Waals surface area contributed by atoms with E-state index >= 15 is 0 Å². The third-order valence-corrected chi connectivity index (χ3v) is 4.78. The number of nitrogens with one attached hydrogen (secondary N) is 1. The second kappa shape index (κ2) is 7.12. The van der Waals surface area contributed by atoms with Gasteiger partial charge in [-0.3, -0.25) is 14.4 Å². The first-order chi connectivity index (χ1) is 10.9. The van der Waals surface area contributed by atoms with E-state index in [2.05, 4.69) is 21.2 Å². The number of hydrogen-bond acceptors (Lipinski definition) is 3. The normalized spacial score (nSPS) is 14.9. The standard InChI is InChI=1S/C16H19BrN2O4/c1-19(10-11-4-2-3-5-12(11)17)13(20)6-9-18-14(21)16(7-8-16)15(22)23/h2-5H,6-10H2,1H3,(H,18,21)(H,22,23). The zero-order valence-electron chi connectivity index (χ0n) is 12.8. The van der Waals surface area contributed by atoms with Crippen molar-refractivity contribution in [2.75, 3.05) is 13.6 Å². The molecule has 0 spiro atoms. The number of carbonyl (C=O) groups is 3. The fourth-order valence-corrected chi connectivity index (χ4v) is 2.69. The maximum Gasteiger partial charge on any atom is 0.319 e. The molecule has 2 rings (SSSR count). The quantitative estimate of drug-likeness (QED) is 0.703. The molecule has 124 valence electrons. The van der Waals surface area contributed by atoms with Gasteiger partial charge in [-0.25, -0.2) is 0 Å². The SMILES string of the molecule is CN(Cc1ccccc1Br)C(=O)CCNC(=O)C1(C(=O)O)CC1. The summed E-state index contributed by atoms with van der Waals surface area (Å²) in [6, 6.07) is 7.65. The average Bonchev–Trinajstić information content (AvgIpc) is 3.31. The molecular formula is C16H19BrN2O4. The fourth-order valence-electron chi connectivity index (χ4n) is 2.28. The Hall–Kier alpha value is -1.89. The highest BCUT2D eigenvalue weighted by Crippen LogP contribution is 2.46. The van der Waals surface area contributed by atoms with E-state index in [1.165, 1.54) is 0 Å². The number of nitrogens with zero attached hydrogens (tertiary/aromatic N) is 1. The molecule has 1 aromatic rings. The molecule has 2 amide bonds. The molecule has 0 atom stereocenters. The van der Waals surface area contributed by atoms with E-state index < -0.39 is 17.3 Å². The minimum absolute atomic E-state index is 0.110. The maximum absolute atomic E-state index is 12.1. The van der Waals surface area contributed by atoms with Crippen molar-refractivity contribution in [2.24, 2.45) is 5.41 Å². The van der Waals surface area contributed by atoms with E-state index in [4.69, 9.17) is 5.11 Å². The lowest BCUT2D eigenvalue weighted by Gasteiger charge is -2.18. The molecule has 0 saturated heterocycles. The van der Waals surface area contributed by atoms with Crippen LogP contribution in [0.5, 0.6) is 0 Å². The highest BCUT2D eigenvalue weighted by molar-refractivity contribution is 9.10. The third-order valence-electron chi connectivity index (χ3n) is 4.01. The molecule has 1 saturated carbocycles. The van der Waals surface area contributed by atoms with Crippen LogP contribution in [0.1, 0.15) is 24.8 Å². The van der Waals surface area contributed by atoms with Gasteiger partial charge in [-0.05, 0) is 24.5 Å². The number of carboxylic acids is 1. The number of rotatable bonds is 7. The molecule has 1 aromatic carbocycles. The van der Waals surface area contributed by atoms with Crippen LogP contribution in [0.15, 0.2) is 28.7 Å². The highest BCUT2D eigenvalue weighted by Gasteiger charge is 2.56. The van der Waals surface area contributed by atoms with Gasteiger partial charge in [0.1, 0.15) is 5.41 Å². The first-order valence-electron chi connectivity index (χ1n) is 7.36. The van der Waals surface area contributed by atoms with Gasteiger partial charge in [0.05, 0.1) is 0 Å². The second-order valence-corrected chi connectivity index (χ2v) is 6.59. The van der Waals surface area contributed by atoms with Crippen LogP contribution in [-0.2, 0) is 20.9 Å².